The number of carbonyl (C=O) groups excluding carboxylic acids is 1. The third kappa shape index (κ3) is 2.92. The molecule has 5 heteroatoms. The van der Waals surface area contributed by atoms with Crippen LogP contribution in [0, 0.1) is 0 Å². The lowest BCUT2D eigenvalue weighted by atomic mass is 9.98. The van der Waals surface area contributed by atoms with Gasteiger partial charge in [0, 0.05) is 24.1 Å². The predicted octanol–water partition coefficient (Wildman–Crippen LogP) is 2.28. The van der Waals surface area contributed by atoms with Crippen LogP contribution in [0.1, 0.15) is 24.2 Å². The summed E-state index contributed by atoms with van der Waals surface area (Å²) in [7, 11) is 1.60. The first-order valence-corrected chi connectivity index (χ1v) is 7.11. The molecule has 104 valence electrons. The number of amides is 1. The van der Waals surface area contributed by atoms with Gasteiger partial charge in [-0.05, 0) is 48.0 Å². The van der Waals surface area contributed by atoms with Crippen molar-refractivity contribution in [2.75, 3.05) is 26.7 Å². The second-order valence-electron chi connectivity index (χ2n) is 5.29. The van der Waals surface area contributed by atoms with Gasteiger partial charge in [0.25, 0.3) is 5.91 Å². The summed E-state index contributed by atoms with van der Waals surface area (Å²) in [6.07, 6.45) is 0. The molecule has 1 aliphatic rings. The van der Waals surface area contributed by atoms with Crippen molar-refractivity contribution < 1.29 is 9.53 Å². The minimum absolute atomic E-state index is 0.0391. The molecule has 0 spiro atoms. The average molecular weight is 327 g/mol. The topological polar surface area (TPSA) is 41.6 Å². The highest BCUT2D eigenvalue weighted by atomic mass is 79.9. The minimum Gasteiger partial charge on any atom is -0.497 e. The van der Waals surface area contributed by atoms with E-state index in [4.69, 9.17) is 4.74 Å². The molecule has 1 saturated heterocycles. The molecule has 19 heavy (non-hydrogen) atoms. The normalized spacial score (nSPS) is 18.2. The first-order valence-electron chi connectivity index (χ1n) is 6.32. The lowest BCUT2D eigenvalue weighted by Crippen LogP contribution is -2.59. The highest BCUT2D eigenvalue weighted by molar-refractivity contribution is 9.10. The van der Waals surface area contributed by atoms with Gasteiger partial charge in [-0.15, -0.1) is 0 Å². The van der Waals surface area contributed by atoms with E-state index in [9.17, 15) is 4.79 Å². The second-order valence-corrected chi connectivity index (χ2v) is 6.15. The summed E-state index contributed by atoms with van der Waals surface area (Å²) in [5, 5.41) is 3.32. The average Bonchev–Trinajstić information content (AvgIpc) is 2.38. The van der Waals surface area contributed by atoms with Crippen LogP contribution in [0.4, 0.5) is 0 Å². The number of nitrogens with one attached hydrogen (secondary N) is 1. The number of nitrogens with zero attached hydrogens (tertiary/aromatic N) is 1. The minimum atomic E-state index is -0.183. The Morgan fingerprint density at radius 1 is 1.47 bits per heavy atom. The van der Waals surface area contributed by atoms with Crippen molar-refractivity contribution >= 4 is 21.8 Å². The maximum atomic E-state index is 12.7. The van der Waals surface area contributed by atoms with Crippen molar-refractivity contribution in [2.45, 2.75) is 19.4 Å². The van der Waals surface area contributed by atoms with E-state index < -0.39 is 0 Å². The molecule has 0 aromatic heterocycles. The number of methoxy groups -OCH3 is 1. The molecule has 1 fully saturated rings. The Balaban J connectivity index is 2.33. The highest BCUT2D eigenvalue weighted by Crippen LogP contribution is 2.27. The van der Waals surface area contributed by atoms with Crippen LogP contribution in [0.5, 0.6) is 5.75 Å². The fraction of sp³-hybridized carbons (Fsp3) is 0.500. The second kappa shape index (κ2) is 5.51. The van der Waals surface area contributed by atoms with Gasteiger partial charge >= 0.3 is 0 Å². The molecule has 1 aliphatic heterocycles. The number of ether oxygens (including phenoxy) is 1. The zero-order valence-corrected chi connectivity index (χ0v) is 13.1. The van der Waals surface area contributed by atoms with Crippen molar-refractivity contribution in [1.82, 2.24) is 10.2 Å². The monoisotopic (exact) mass is 326 g/mol. The van der Waals surface area contributed by atoms with Crippen LogP contribution in [-0.2, 0) is 0 Å². The number of piperazine rings is 1. The van der Waals surface area contributed by atoms with E-state index in [2.05, 4.69) is 35.1 Å². The highest BCUT2D eigenvalue weighted by Gasteiger charge is 2.34. The van der Waals surface area contributed by atoms with Crippen molar-refractivity contribution in [3.8, 4) is 5.75 Å². The Kier molecular flexibility index (Phi) is 4.16. The van der Waals surface area contributed by atoms with Gasteiger partial charge < -0.3 is 15.0 Å². The molecule has 0 aliphatic carbocycles. The quantitative estimate of drug-likeness (QED) is 0.906. The van der Waals surface area contributed by atoms with Crippen LogP contribution in [0.15, 0.2) is 22.7 Å². The zero-order valence-electron chi connectivity index (χ0n) is 11.5. The summed E-state index contributed by atoms with van der Waals surface area (Å²) in [6, 6.07) is 5.47. The van der Waals surface area contributed by atoms with Gasteiger partial charge in [0.2, 0.25) is 0 Å². The van der Waals surface area contributed by atoms with Crippen LogP contribution < -0.4 is 10.1 Å². The molecule has 0 unspecified atom stereocenters. The largest absolute Gasteiger partial charge is 0.497 e. The molecule has 1 amide bonds. The fourth-order valence-electron chi connectivity index (χ4n) is 2.30. The summed E-state index contributed by atoms with van der Waals surface area (Å²) in [5.41, 5.74) is 0.465. The standard InChI is InChI=1S/C14H19BrN2O2/c1-14(2)9-16-6-7-17(14)13(18)11-8-10(19-3)4-5-12(11)15/h4-5,8,16H,6-7,9H2,1-3H3. The fourth-order valence-corrected chi connectivity index (χ4v) is 2.72. The van der Waals surface area contributed by atoms with Gasteiger partial charge in [0.1, 0.15) is 5.75 Å². The van der Waals surface area contributed by atoms with Crippen molar-refractivity contribution in [1.29, 1.82) is 0 Å². The van der Waals surface area contributed by atoms with Crippen molar-refractivity contribution in [2.24, 2.45) is 0 Å². The zero-order chi connectivity index (χ0) is 14.0. The summed E-state index contributed by atoms with van der Waals surface area (Å²) < 4.78 is 5.99. The van der Waals surface area contributed by atoms with Gasteiger partial charge in [0.15, 0.2) is 0 Å². The molecule has 0 bridgehead atoms. The molecular weight excluding hydrogens is 308 g/mol. The number of benzene rings is 1. The van der Waals surface area contributed by atoms with Gasteiger partial charge in [-0.3, -0.25) is 4.79 Å². The third-order valence-electron chi connectivity index (χ3n) is 3.45. The Labute approximate surface area is 122 Å². The van der Waals surface area contributed by atoms with E-state index in [1.807, 2.05) is 17.0 Å². The molecule has 2 rings (SSSR count). The van der Waals surface area contributed by atoms with Crippen LogP contribution in [0.25, 0.3) is 0 Å². The summed E-state index contributed by atoms with van der Waals surface area (Å²) >= 11 is 3.45. The van der Waals surface area contributed by atoms with Gasteiger partial charge in [-0.1, -0.05) is 0 Å². The van der Waals surface area contributed by atoms with E-state index in [0.29, 0.717) is 11.3 Å². The molecule has 1 N–H and O–H groups in total. The smallest absolute Gasteiger partial charge is 0.255 e. The van der Waals surface area contributed by atoms with E-state index >= 15 is 0 Å². The number of rotatable bonds is 2. The van der Waals surface area contributed by atoms with Crippen LogP contribution in [-0.4, -0.2) is 43.1 Å². The van der Waals surface area contributed by atoms with Gasteiger partial charge in [-0.2, -0.15) is 0 Å². The Morgan fingerprint density at radius 3 is 2.84 bits per heavy atom. The van der Waals surface area contributed by atoms with Gasteiger partial charge in [0.05, 0.1) is 18.2 Å². The summed E-state index contributed by atoms with van der Waals surface area (Å²) in [6.45, 7) is 6.50. The first-order chi connectivity index (χ1) is 8.95. The number of carbonyl (C=O) groups is 1. The maximum absolute atomic E-state index is 12.7. The predicted molar refractivity (Wildman–Crippen MR) is 78.7 cm³/mol. The first kappa shape index (κ1) is 14.3. The van der Waals surface area contributed by atoms with Crippen LogP contribution >= 0.6 is 15.9 Å². The van der Waals surface area contributed by atoms with Crippen LogP contribution in [0.2, 0.25) is 0 Å². The molecule has 1 heterocycles. The Hall–Kier alpha value is -1.07. The molecule has 0 atom stereocenters. The molecule has 0 saturated carbocycles. The van der Waals surface area contributed by atoms with E-state index in [1.54, 1.807) is 13.2 Å². The number of hydrogen-bond donors (Lipinski definition) is 1. The van der Waals surface area contributed by atoms with E-state index in [0.717, 1.165) is 24.1 Å². The number of halogens is 1. The maximum Gasteiger partial charge on any atom is 0.255 e. The van der Waals surface area contributed by atoms with Gasteiger partial charge in [-0.25, -0.2) is 0 Å². The van der Waals surface area contributed by atoms with E-state index in [-0.39, 0.29) is 11.4 Å². The Bertz CT molecular complexity index is 488. The summed E-state index contributed by atoms with van der Waals surface area (Å²) in [5.74, 6) is 0.733. The van der Waals surface area contributed by atoms with Crippen molar-refractivity contribution in [3.63, 3.8) is 0 Å². The molecule has 1 aromatic carbocycles. The van der Waals surface area contributed by atoms with Crippen LogP contribution in [0.3, 0.4) is 0 Å². The number of hydrogen-bond acceptors (Lipinski definition) is 3. The summed E-state index contributed by atoms with van der Waals surface area (Å²) in [4.78, 5) is 14.6. The molecule has 4 nitrogen and oxygen atoms in total. The molecular formula is C14H19BrN2O2. The SMILES string of the molecule is COc1ccc(Br)c(C(=O)N2CCNCC2(C)C)c1. The van der Waals surface area contributed by atoms with E-state index in [1.165, 1.54) is 0 Å². The molecule has 0 radical (unpaired) electrons. The van der Waals surface area contributed by atoms with Crippen molar-refractivity contribution in [3.05, 3.63) is 28.2 Å². The molecule has 1 aromatic rings. The Morgan fingerprint density at radius 2 is 2.21 bits per heavy atom. The third-order valence-corrected chi connectivity index (χ3v) is 4.14. The lowest BCUT2D eigenvalue weighted by Gasteiger charge is -2.43. The lowest BCUT2D eigenvalue weighted by molar-refractivity contribution is 0.0476.